The Morgan fingerprint density at radius 2 is 1.61 bits per heavy atom. The van der Waals surface area contributed by atoms with Crippen molar-refractivity contribution < 1.29 is 8.42 Å². The Labute approximate surface area is 118 Å². The molecule has 18 heavy (non-hydrogen) atoms. The molecule has 0 saturated carbocycles. The third kappa shape index (κ3) is 3.33. The van der Waals surface area contributed by atoms with Crippen LogP contribution >= 0.6 is 15.9 Å². The van der Waals surface area contributed by atoms with Gasteiger partial charge in [0.15, 0.2) is 0 Å². The zero-order chi connectivity index (χ0) is 14.3. The first-order valence-corrected chi connectivity index (χ1v) is 8.03. The third-order valence-electron chi connectivity index (χ3n) is 2.68. The summed E-state index contributed by atoms with van der Waals surface area (Å²) < 4.78 is 28.4. The van der Waals surface area contributed by atoms with Crippen LogP contribution in [0.2, 0.25) is 0 Å². The van der Waals surface area contributed by atoms with E-state index < -0.39 is 15.6 Å². The molecule has 0 aliphatic carbocycles. The first kappa shape index (κ1) is 15.7. The molecule has 0 radical (unpaired) electrons. The zero-order valence-electron chi connectivity index (χ0n) is 11.7. The highest BCUT2D eigenvalue weighted by molar-refractivity contribution is 9.10. The summed E-state index contributed by atoms with van der Waals surface area (Å²) in [7, 11) is -3.50. The monoisotopic (exact) mass is 333 g/mol. The summed E-state index contributed by atoms with van der Waals surface area (Å²) in [5.41, 5.74) is 2.01. The van der Waals surface area contributed by atoms with Crippen molar-refractivity contribution in [2.24, 2.45) is 0 Å². The Balaban J connectivity index is 3.51. The fourth-order valence-corrected chi connectivity index (χ4v) is 4.49. The van der Waals surface area contributed by atoms with Gasteiger partial charge in [-0.25, -0.2) is 13.1 Å². The smallest absolute Gasteiger partial charge is 0.207 e. The van der Waals surface area contributed by atoms with E-state index in [1.165, 1.54) is 0 Å². The molecule has 3 nitrogen and oxygen atoms in total. The van der Waals surface area contributed by atoms with Crippen molar-refractivity contribution in [2.75, 3.05) is 0 Å². The maximum Gasteiger partial charge on any atom is 0.241 e. The van der Waals surface area contributed by atoms with Gasteiger partial charge >= 0.3 is 0 Å². The van der Waals surface area contributed by atoms with E-state index in [1.54, 1.807) is 0 Å². The molecule has 0 fully saturated rings. The normalized spacial score (nSPS) is 12.8. The van der Waals surface area contributed by atoms with E-state index in [1.807, 2.05) is 47.6 Å². The van der Waals surface area contributed by atoms with E-state index in [9.17, 15) is 8.42 Å². The minimum absolute atomic E-state index is 0.379. The van der Waals surface area contributed by atoms with Crippen molar-refractivity contribution >= 4 is 26.0 Å². The van der Waals surface area contributed by atoms with Crippen molar-refractivity contribution in [3.8, 4) is 0 Å². The zero-order valence-corrected chi connectivity index (χ0v) is 14.1. The Hall–Kier alpha value is -0.390. The molecular formula is C13H20BrNO2S. The largest absolute Gasteiger partial charge is 0.241 e. The number of rotatable bonds is 2. The average Bonchev–Trinajstić information content (AvgIpc) is 2.10. The van der Waals surface area contributed by atoms with Gasteiger partial charge in [0.25, 0.3) is 0 Å². The Bertz CT molecular complexity index is 545. The van der Waals surface area contributed by atoms with E-state index >= 15 is 0 Å². The molecule has 1 aromatic carbocycles. The average molecular weight is 334 g/mol. The Morgan fingerprint density at radius 1 is 1.11 bits per heavy atom. The van der Waals surface area contributed by atoms with Crippen LogP contribution in [0.4, 0.5) is 0 Å². The first-order valence-electron chi connectivity index (χ1n) is 5.76. The molecule has 0 bridgehead atoms. The minimum atomic E-state index is -3.50. The molecule has 0 heterocycles. The summed E-state index contributed by atoms with van der Waals surface area (Å²) in [6.07, 6.45) is 0. The van der Waals surface area contributed by atoms with Gasteiger partial charge in [0.2, 0.25) is 10.0 Å². The molecule has 0 amide bonds. The SMILES string of the molecule is Cc1cc(Br)c(C)c(S(=O)(=O)NC(C)(C)C)c1C. The predicted octanol–water partition coefficient (Wildman–Crippen LogP) is 3.45. The fraction of sp³-hybridized carbons (Fsp3) is 0.538. The van der Waals surface area contributed by atoms with Crippen LogP contribution in [0.3, 0.4) is 0 Å². The summed E-state index contributed by atoms with van der Waals surface area (Å²) in [6.45, 7) is 11.1. The number of nitrogens with one attached hydrogen (secondary N) is 1. The van der Waals surface area contributed by atoms with E-state index in [4.69, 9.17) is 0 Å². The number of hydrogen-bond acceptors (Lipinski definition) is 2. The van der Waals surface area contributed by atoms with Gasteiger partial charge in [-0.3, -0.25) is 0 Å². The molecule has 0 unspecified atom stereocenters. The van der Waals surface area contributed by atoms with Gasteiger partial charge in [0.05, 0.1) is 4.90 Å². The van der Waals surface area contributed by atoms with Crippen molar-refractivity contribution in [3.63, 3.8) is 0 Å². The van der Waals surface area contributed by atoms with Gasteiger partial charge in [-0.2, -0.15) is 0 Å². The van der Waals surface area contributed by atoms with Gasteiger partial charge in [-0.15, -0.1) is 0 Å². The van der Waals surface area contributed by atoms with Crippen LogP contribution in [0, 0.1) is 20.8 Å². The Kier molecular flexibility index (Phi) is 4.30. The maximum absolute atomic E-state index is 12.5. The van der Waals surface area contributed by atoms with Crippen LogP contribution in [-0.4, -0.2) is 14.0 Å². The van der Waals surface area contributed by atoms with Crippen molar-refractivity contribution in [3.05, 3.63) is 27.2 Å². The number of halogens is 1. The first-order chi connectivity index (χ1) is 7.96. The van der Waals surface area contributed by atoms with Gasteiger partial charge in [-0.1, -0.05) is 15.9 Å². The van der Waals surface area contributed by atoms with Gasteiger partial charge in [0.1, 0.15) is 0 Å². The standard InChI is InChI=1S/C13H20BrNO2S/c1-8-7-11(14)10(3)12(9(8)2)18(16,17)15-13(4,5)6/h7,15H,1-6H3. The lowest BCUT2D eigenvalue weighted by atomic mass is 10.1. The maximum atomic E-state index is 12.5. The second-order valence-corrected chi connectivity index (χ2v) is 8.08. The highest BCUT2D eigenvalue weighted by atomic mass is 79.9. The summed E-state index contributed by atoms with van der Waals surface area (Å²) in [6, 6.07) is 1.95. The van der Waals surface area contributed by atoms with Gasteiger partial charge < -0.3 is 0 Å². The molecule has 1 rings (SSSR count). The van der Waals surface area contributed by atoms with E-state index in [-0.39, 0.29) is 0 Å². The van der Waals surface area contributed by atoms with Crippen LogP contribution in [-0.2, 0) is 10.0 Å². The molecule has 0 spiro atoms. The lowest BCUT2D eigenvalue weighted by Gasteiger charge is -2.23. The molecule has 102 valence electrons. The molecule has 0 atom stereocenters. The van der Waals surface area contributed by atoms with Crippen LogP contribution < -0.4 is 4.72 Å². The summed E-state index contributed by atoms with van der Waals surface area (Å²) in [5.74, 6) is 0. The van der Waals surface area contributed by atoms with Crippen LogP contribution in [0.25, 0.3) is 0 Å². The van der Waals surface area contributed by atoms with Crippen LogP contribution in [0.15, 0.2) is 15.4 Å². The number of hydrogen-bond donors (Lipinski definition) is 1. The van der Waals surface area contributed by atoms with E-state index in [0.717, 1.165) is 21.2 Å². The summed E-state index contributed by atoms with van der Waals surface area (Å²) in [5, 5.41) is 0. The van der Waals surface area contributed by atoms with Crippen molar-refractivity contribution in [1.29, 1.82) is 0 Å². The summed E-state index contributed by atoms with van der Waals surface area (Å²) in [4.78, 5) is 0.379. The van der Waals surface area contributed by atoms with E-state index in [0.29, 0.717) is 4.90 Å². The van der Waals surface area contributed by atoms with Crippen LogP contribution in [0.5, 0.6) is 0 Å². The van der Waals surface area contributed by atoms with Crippen molar-refractivity contribution in [2.45, 2.75) is 52.0 Å². The lowest BCUT2D eigenvalue weighted by Crippen LogP contribution is -2.41. The molecular weight excluding hydrogens is 314 g/mol. The van der Waals surface area contributed by atoms with Gasteiger partial charge in [-0.05, 0) is 64.3 Å². The number of benzene rings is 1. The quantitative estimate of drug-likeness (QED) is 0.900. The number of sulfonamides is 1. The molecule has 0 aliphatic heterocycles. The molecule has 0 saturated heterocycles. The fourth-order valence-electron chi connectivity index (χ4n) is 1.83. The van der Waals surface area contributed by atoms with Gasteiger partial charge in [0, 0.05) is 10.0 Å². The summed E-state index contributed by atoms with van der Waals surface area (Å²) >= 11 is 3.41. The highest BCUT2D eigenvalue weighted by Crippen LogP contribution is 2.30. The minimum Gasteiger partial charge on any atom is -0.207 e. The lowest BCUT2D eigenvalue weighted by molar-refractivity contribution is 0.491. The molecule has 1 N–H and O–H groups in total. The Morgan fingerprint density at radius 3 is 2.06 bits per heavy atom. The molecule has 5 heteroatoms. The van der Waals surface area contributed by atoms with Crippen LogP contribution in [0.1, 0.15) is 37.5 Å². The number of aryl methyl sites for hydroxylation is 1. The predicted molar refractivity (Wildman–Crippen MR) is 78.4 cm³/mol. The molecule has 1 aromatic rings. The van der Waals surface area contributed by atoms with Crippen molar-refractivity contribution in [1.82, 2.24) is 4.72 Å². The third-order valence-corrected chi connectivity index (χ3v) is 5.54. The second kappa shape index (κ2) is 4.94. The van der Waals surface area contributed by atoms with E-state index in [2.05, 4.69) is 20.7 Å². The second-order valence-electron chi connectivity index (χ2n) is 5.61. The molecule has 0 aliphatic rings. The topological polar surface area (TPSA) is 46.2 Å². The molecule has 0 aromatic heterocycles. The highest BCUT2D eigenvalue weighted by Gasteiger charge is 2.26.